The van der Waals surface area contributed by atoms with Crippen LogP contribution in [-0.4, -0.2) is 49.5 Å². The third kappa shape index (κ3) is 8.56. The Bertz CT molecular complexity index is 276. The molecular formula is C13H23NO5. The van der Waals surface area contributed by atoms with E-state index in [2.05, 4.69) is 5.32 Å². The molecule has 1 rings (SSSR count). The topological polar surface area (TPSA) is 84.9 Å². The molecule has 0 unspecified atom stereocenters. The summed E-state index contributed by atoms with van der Waals surface area (Å²) in [5.74, 6) is -1.11. The number of aliphatic carboxylic acids is 1. The van der Waals surface area contributed by atoms with Gasteiger partial charge >= 0.3 is 11.9 Å². The number of carboxylic acid groups (broad SMARTS) is 1. The zero-order valence-corrected chi connectivity index (χ0v) is 11.2. The van der Waals surface area contributed by atoms with Crippen LogP contribution < -0.4 is 5.32 Å². The quantitative estimate of drug-likeness (QED) is 0.480. The van der Waals surface area contributed by atoms with Gasteiger partial charge in [-0.05, 0) is 38.8 Å². The summed E-state index contributed by atoms with van der Waals surface area (Å²) in [5, 5.41) is 11.7. The first-order valence-corrected chi connectivity index (χ1v) is 6.88. The van der Waals surface area contributed by atoms with Crippen LogP contribution >= 0.6 is 0 Å². The van der Waals surface area contributed by atoms with E-state index in [1.165, 1.54) is 0 Å². The average Bonchev–Trinajstić information content (AvgIpc) is 2.41. The summed E-state index contributed by atoms with van der Waals surface area (Å²) in [7, 11) is 0. The Balaban J connectivity index is 1.90. The molecule has 0 bridgehead atoms. The molecule has 0 saturated carbocycles. The first kappa shape index (κ1) is 15.9. The van der Waals surface area contributed by atoms with Crippen LogP contribution in [0.3, 0.4) is 0 Å². The van der Waals surface area contributed by atoms with E-state index in [-0.39, 0.29) is 31.5 Å². The van der Waals surface area contributed by atoms with Gasteiger partial charge in [0.1, 0.15) is 6.61 Å². The Labute approximate surface area is 113 Å². The Morgan fingerprint density at radius 3 is 2.47 bits per heavy atom. The highest BCUT2D eigenvalue weighted by molar-refractivity contribution is 5.69. The lowest BCUT2D eigenvalue weighted by atomic mass is 10.1. The van der Waals surface area contributed by atoms with Crippen LogP contribution in [0.25, 0.3) is 0 Å². The van der Waals surface area contributed by atoms with Crippen LogP contribution in [0.5, 0.6) is 0 Å². The number of esters is 1. The Morgan fingerprint density at radius 2 is 1.79 bits per heavy atom. The lowest BCUT2D eigenvalue weighted by Gasteiger charge is -2.22. The Kier molecular flexibility index (Phi) is 8.16. The van der Waals surface area contributed by atoms with Crippen molar-refractivity contribution in [2.75, 3.05) is 26.3 Å². The second kappa shape index (κ2) is 9.75. The molecule has 110 valence electrons. The summed E-state index contributed by atoms with van der Waals surface area (Å²) in [6.45, 7) is 2.68. The van der Waals surface area contributed by atoms with Gasteiger partial charge in [-0.25, -0.2) is 0 Å². The van der Waals surface area contributed by atoms with E-state index in [1.54, 1.807) is 0 Å². The number of ether oxygens (including phenoxy) is 2. The number of carbonyl (C=O) groups is 2. The molecule has 6 nitrogen and oxygen atoms in total. The summed E-state index contributed by atoms with van der Waals surface area (Å²) in [5.41, 5.74) is 0. The molecule has 0 aromatic rings. The molecule has 0 spiro atoms. The number of nitrogens with one attached hydrogen (secondary N) is 1. The zero-order valence-electron chi connectivity index (χ0n) is 11.2. The third-order valence-corrected chi connectivity index (χ3v) is 3.01. The van der Waals surface area contributed by atoms with Gasteiger partial charge in [-0.2, -0.15) is 0 Å². The molecule has 0 aliphatic carbocycles. The lowest BCUT2D eigenvalue weighted by molar-refractivity contribution is -0.146. The maximum atomic E-state index is 11.3. The molecule has 0 amide bonds. The molecule has 19 heavy (non-hydrogen) atoms. The largest absolute Gasteiger partial charge is 0.481 e. The number of carboxylic acids is 1. The van der Waals surface area contributed by atoms with Crippen molar-refractivity contribution in [2.24, 2.45) is 0 Å². The van der Waals surface area contributed by atoms with Gasteiger partial charge in [0.2, 0.25) is 0 Å². The summed E-state index contributed by atoms with van der Waals surface area (Å²) >= 11 is 0. The van der Waals surface area contributed by atoms with Gasteiger partial charge in [-0.1, -0.05) is 0 Å². The van der Waals surface area contributed by atoms with Gasteiger partial charge in [0, 0.05) is 12.8 Å². The minimum atomic E-state index is -0.830. The van der Waals surface area contributed by atoms with Gasteiger partial charge < -0.3 is 19.9 Å². The Morgan fingerprint density at radius 1 is 1.11 bits per heavy atom. The van der Waals surface area contributed by atoms with Gasteiger partial charge in [-0.15, -0.1) is 0 Å². The fraction of sp³-hybridized carbons (Fsp3) is 0.846. The molecule has 1 saturated heterocycles. The normalized spacial score (nSPS) is 16.2. The van der Waals surface area contributed by atoms with Crippen molar-refractivity contribution >= 4 is 11.9 Å². The van der Waals surface area contributed by atoms with E-state index in [0.29, 0.717) is 19.4 Å². The predicted molar refractivity (Wildman–Crippen MR) is 68.9 cm³/mol. The number of piperidine rings is 1. The Hall–Kier alpha value is -1.14. The van der Waals surface area contributed by atoms with Crippen LogP contribution in [0, 0.1) is 0 Å². The van der Waals surface area contributed by atoms with Crippen LogP contribution in [0.15, 0.2) is 0 Å². The molecule has 2 N–H and O–H groups in total. The first-order chi connectivity index (χ1) is 9.18. The average molecular weight is 273 g/mol. The lowest BCUT2D eigenvalue weighted by Crippen LogP contribution is -2.33. The van der Waals surface area contributed by atoms with Crippen molar-refractivity contribution in [3.05, 3.63) is 0 Å². The number of unbranched alkanes of at least 4 members (excludes halogenated alkanes) is 1. The molecule has 0 aromatic carbocycles. The minimum Gasteiger partial charge on any atom is -0.481 e. The molecule has 0 aromatic heterocycles. The van der Waals surface area contributed by atoms with Crippen molar-refractivity contribution in [1.82, 2.24) is 5.32 Å². The molecule has 1 heterocycles. The molecule has 1 aliphatic rings. The summed E-state index contributed by atoms with van der Waals surface area (Å²) in [6, 6.07) is 0. The van der Waals surface area contributed by atoms with Gasteiger partial charge in [-0.3, -0.25) is 9.59 Å². The van der Waals surface area contributed by atoms with Crippen molar-refractivity contribution in [3.63, 3.8) is 0 Å². The fourth-order valence-electron chi connectivity index (χ4n) is 1.95. The summed E-state index contributed by atoms with van der Waals surface area (Å²) < 4.78 is 10.6. The van der Waals surface area contributed by atoms with E-state index in [4.69, 9.17) is 14.6 Å². The smallest absolute Gasteiger partial charge is 0.305 e. The second-order valence-electron chi connectivity index (χ2n) is 4.64. The van der Waals surface area contributed by atoms with E-state index in [1.807, 2.05) is 0 Å². The molecule has 1 aliphatic heterocycles. The maximum absolute atomic E-state index is 11.3. The molecular weight excluding hydrogens is 250 g/mol. The van der Waals surface area contributed by atoms with Crippen molar-refractivity contribution < 1.29 is 24.2 Å². The van der Waals surface area contributed by atoms with E-state index >= 15 is 0 Å². The number of carbonyl (C=O) groups excluding carboxylic acids is 1. The highest BCUT2D eigenvalue weighted by Gasteiger charge is 2.13. The second-order valence-corrected chi connectivity index (χ2v) is 4.64. The molecule has 6 heteroatoms. The molecule has 0 radical (unpaired) electrons. The first-order valence-electron chi connectivity index (χ1n) is 6.88. The standard InChI is InChI=1S/C13H23NO5/c15-12(16)3-1-2-4-13(17)19-10-9-18-11-5-7-14-8-6-11/h11,14H,1-10H2,(H,15,16). The van der Waals surface area contributed by atoms with Crippen molar-refractivity contribution in [1.29, 1.82) is 0 Å². The third-order valence-electron chi connectivity index (χ3n) is 3.01. The van der Waals surface area contributed by atoms with Crippen LogP contribution in [-0.2, 0) is 19.1 Å². The van der Waals surface area contributed by atoms with Crippen LogP contribution in [0.1, 0.15) is 38.5 Å². The SMILES string of the molecule is O=C(O)CCCCC(=O)OCCOC1CCNCC1. The zero-order chi connectivity index (χ0) is 13.9. The van der Waals surface area contributed by atoms with Gasteiger partial charge in [0.25, 0.3) is 0 Å². The van der Waals surface area contributed by atoms with E-state index in [0.717, 1.165) is 25.9 Å². The van der Waals surface area contributed by atoms with Crippen molar-refractivity contribution in [2.45, 2.75) is 44.6 Å². The van der Waals surface area contributed by atoms with E-state index in [9.17, 15) is 9.59 Å². The minimum absolute atomic E-state index is 0.103. The molecule has 1 fully saturated rings. The van der Waals surface area contributed by atoms with Crippen LogP contribution in [0.2, 0.25) is 0 Å². The van der Waals surface area contributed by atoms with Gasteiger partial charge in [0.05, 0.1) is 12.7 Å². The number of hydrogen-bond donors (Lipinski definition) is 2. The van der Waals surface area contributed by atoms with Gasteiger partial charge in [0.15, 0.2) is 0 Å². The highest BCUT2D eigenvalue weighted by atomic mass is 16.6. The summed E-state index contributed by atoms with van der Waals surface area (Å²) in [4.78, 5) is 21.6. The molecule has 0 atom stereocenters. The highest BCUT2D eigenvalue weighted by Crippen LogP contribution is 2.07. The monoisotopic (exact) mass is 273 g/mol. The van der Waals surface area contributed by atoms with Crippen LogP contribution in [0.4, 0.5) is 0 Å². The van der Waals surface area contributed by atoms with Crippen molar-refractivity contribution in [3.8, 4) is 0 Å². The van der Waals surface area contributed by atoms with E-state index < -0.39 is 5.97 Å². The fourth-order valence-corrected chi connectivity index (χ4v) is 1.95. The maximum Gasteiger partial charge on any atom is 0.305 e. The number of hydrogen-bond acceptors (Lipinski definition) is 5. The predicted octanol–water partition coefficient (Wildman–Crippen LogP) is 0.943. The number of rotatable bonds is 9. The summed E-state index contributed by atoms with van der Waals surface area (Å²) in [6.07, 6.45) is 3.73.